The molecule has 0 atom stereocenters. The highest BCUT2D eigenvalue weighted by molar-refractivity contribution is 7.99. The number of ether oxygens (including phenoxy) is 1. The van der Waals surface area contributed by atoms with E-state index < -0.39 is 5.97 Å². The van der Waals surface area contributed by atoms with Gasteiger partial charge in [-0.25, -0.2) is 4.79 Å². The lowest BCUT2D eigenvalue weighted by Crippen LogP contribution is -2.34. The van der Waals surface area contributed by atoms with Gasteiger partial charge in [0.1, 0.15) is 0 Å². The van der Waals surface area contributed by atoms with E-state index in [4.69, 9.17) is 9.15 Å². The van der Waals surface area contributed by atoms with E-state index in [2.05, 4.69) is 10.2 Å². The number of carbonyl (C=O) groups is 2. The number of nitrogens with zero attached hydrogens (tertiary/aromatic N) is 3. The zero-order valence-corrected chi connectivity index (χ0v) is 12.2. The Morgan fingerprint density at radius 3 is 2.68 bits per heavy atom. The molecule has 1 rings (SSSR count). The molecule has 0 spiro atoms. The van der Waals surface area contributed by atoms with Crippen molar-refractivity contribution in [2.45, 2.75) is 32.0 Å². The van der Waals surface area contributed by atoms with E-state index in [1.54, 1.807) is 18.9 Å². The van der Waals surface area contributed by atoms with Crippen molar-refractivity contribution in [3.05, 3.63) is 5.89 Å². The normalized spacial score (nSPS) is 10.6. The number of aromatic nitrogens is 2. The molecule has 0 saturated heterocycles. The SMILES string of the molecule is CCOC(=O)c1nnc(SCC(=O)N(C)C(C)C)o1. The van der Waals surface area contributed by atoms with Crippen LogP contribution in [0.15, 0.2) is 9.64 Å². The van der Waals surface area contributed by atoms with Crippen molar-refractivity contribution >= 4 is 23.6 Å². The van der Waals surface area contributed by atoms with E-state index in [0.29, 0.717) is 0 Å². The molecule has 1 amide bonds. The molecule has 106 valence electrons. The third-order valence-electron chi connectivity index (χ3n) is 2.34. The standard InChI is InChI=1S/C11H17N3O4S/c1-5-17-10(16)9-12-13-11(18-9)19-6-8(15)14(4)7(2)3/h7H,5-6H2,1-4H3. The summed E-state index contributed by atoms with van der Waals surface area (Å²) in [6.45, 7) is 5.77. The van der Waals surface area contributed by atoms with Crippen molar-refractivity contribution in [2.75, 3.05) is 19.4 Å². The predicted octanol–water partition coefficient (Wildman–Crippen LogP) is 1.21. The van der Waals surface area contributed by atoms with E-state index in [0.717, 1.165) is 11.8 Å². The van der Waals surface area contributed by atoms with Crippen LogP contribution in [0.25, 0.3) is 0 Å². The van der Waals surface area contributed by atoms with Crippen molar-refractivity contribution in [3.63, 3.8) is 0 Å². The van der Waals surface area contributed by atoms with Gasteiger partial charge in [0.15, 0.2) is 0 Å². The lowest BCUT2D eigenvalue weighted by atomic mass is 10.3. The third kappa shape index (κ3) is 4.55. The first-order valence-electron chi connectivity index (χ1n) is 5.84. The Labute approximate surface area is 115 Å². The largest absolute Gasteiger partial charge is 0.459 e. The maximum atomic E-state index is 11.7. The van der Waals surface area contributed by atoms with Crippen LogP contribution in [0.2, 0.25) is 0 Å². The smallest absolute Gasteiger partial charge is 0.396 e. The first-order chi connectivity index (χ1) is 8.95. The van der Waals surface area contributed by atoms with E-state index in [9.17, 15) is 9.59 Å². The summed E-state index contributed by atoms with van der Waals surface area (Å²) in [6, 6.07) is 0.130. The van der Waals surface area contributed by atoms with Crippen LogP contribution >= 0.6 is 11.8 Å². The fourth-order valence-electron chi connectivity index (χ4n) is 1.06. The average molecular weight is 287 g/mol. The molecule has 0 fully saturated rings. The molecule has 0 bridgehead atoms. The summed E-state index contributed by atoms with van der Waals surface area (Å²) in [7, 11) is 1.73. The average Bonchev–Trinajstić information content (AvgIpc) is 2.84. The van der Waals surface area contributed by atoms with Crippen molar-refractivity contribution in [1.82, 2.24) is 15.1 Å². The molecule has 0 aliphatic carbocycles. The summed E-state index contributed by atoms with van der Waals surface area (Å²) in [6.07, 6.45) is 0. The van der Waals surface area contributed by atoms with Gasteiger partial charge >= 0.3 is 11.9 Å². The van der Waals surface area contributed by atoms with Crippen molar-refractivity contribution in [3.8, 4) is 0 Å². The van der Waals surface area contributed by atoms with Gasteiger partial charge in [-0.1, -0.05) is 16.9 Å². The molecular weight excluding hydrogens is 270 g/mol. The molecule has 1 aromatic heterocycles. The van der Waals surface area contributed by atoms with E-state index in [1.807, 2.05) is 13.8 Å². The summed E-state index contributed by atoms with van der Waals surface area (Å²) in [5.74, 6) is -0.726. The molecule has 0 unspecified atom stereocenters. The Kier molecular flexibility index (Phi) is 5.81. The monoisotopic (exact) mass is 287 g/mol. The van der Waals surface area contributed by atoms with Crippen LogP contribution in [0.3, 0.4) is 0 Å². The topological polar surface area (TPSA) is 85.5 Å². The highest BCUT2D eigenvalue weighted by Crippen LogP contribution is 2.17. The first-order valence-corrected chi connectivity index (χ1v) is 6.83. The predicted molar refractivity (Wildman–Crippen MR) is 68.9 cm³/mol. The molecule has 1 aromatic rings. The van der Waals surface area contributed by atoms with Gasteiger partial charge in [-0.15, -0.1) is 5.10 Å². The van der Waals surface area contributed by atoms with Crippen LogP contribution < -0.4 is 0 Å². The second-order valence-electron chi connectivity index (χ2n) is 3.98. The minimum Gasteiger partial charge on any atom is -0.459 e. The maximum absolute atomic E-state index is 11.7. The molecule has 0 radical (unpaired) electrons. The van der Waals surface area contributed by atoms with Crippen LogP contribution in [-0.2, 0) is 9.53 Å². The molecule has 0 aliphatic rings. The van der Waals surface area contributed by atoms with Crippen LogP contribution in [-0.4, -0.2) is 52.4 Å². The Morgan fingerprint density at radius 1 is 1.42 bits per heavy atom. The molecule has 0 aromatic carbocycles. The van der Waals surface area contributed by atoms with Gasteiger partial charge < -0.3 is 14.1 Å². The molecule has 0 N–H and O–H groups in total. The van der Waals surface area contributed by atoms with E-state index >= 15 is 0 Å². The minimum atomic E-state index is -0.660. The lowest BCUT2D eigenvalue weighted by molar-refractivity contribution is -0.128. The summed E-state index contributed by atoms with van der Waals surface area (Å²) in [5.41, 5.74) is 0. The second kappa shape index (κ2) is 7.13. The Hall–Kier alpha value is -1.57. The maximum Gasteiger partial charge on any atom is 0.396 e. The number of carbonyl (C=O) groups excluding carboxylic acids is 2. The minimum absolute atomic E-state index is 0.0455. The van der Waals surface area contributed by atoms with Crippen molar-refractivity contribution in [2.24, 2.45) is 0 Å². The molecule has 7 nitrogen and oxygen atoms in total. The Balaban J connectivity index is 2.51. The highest BCUT2D eigenvalue weighted by atomic mass is 32.2. The third-order valence-corrected chi connectivity index (χ3v) is 3.15. The van der Waals surface area contributed by atoms with Crippen LogP contribution in [0.1, 0.15) is 31.5 Å². The van der Waals surface area contributed by atoms with Crippen molar-refractivity contribution < 1.29 is 18.7 Å². The summed E-state index contributed by atoms with van der Waals surface area (Å²) >= 11 is 1.09. The van der Waals surface area contributed by atoms with Crippen LogP contribution in [0, 0.1) is 0 Å². The van der Waals surface area contributed by atoms with E-state index in [1.165, 1.54) is 0 Å². The Bertz CT molecular complexity index is 447. The number of esters is 1. The molecule has 1 heterocycles. The van der Waals surface area contributed by atoms with Gasteiger partial charge in [-0.05, 0) is 20.8 Å². The number of amides is 1. The van der Waals surface area contributed by atoms with Gasteiger partial charge in [0.05, 0.1) is 12.4 Å². The summed E-state index contributed by atoms with van der Waals surface area (Å²) < 4.78 is 9.80. The number of hydrogen-bond donors (Lipinski definition) is 0. The quantitative estimate of drug-likeness (QED) is 0.574. The fraction of sp³-hybridized carbons (Fsp3) is 0.636. The Morgan fingerprint density at radius 2 is 2.11 bits per heavy atom. The van der Waals surface area contributed by atoms with Gasteiger partial charge in [0.2, 0.25) is 5.91 Å². The van der Waals surface area contributed by atoms with Gasteiger partial charge in [0.25, 0.3) is 5.22 Å². The lowest BCUT2D eigenvalue weighted by Gasteiger charge is -2.20. The fourth-order valence-corrected chi connectivity index (χ4v) is 1.74. The molecule has 0 saturated carbocycles. The molecular formula is C11H17N3O4S. The molecule has 8 heteroatoms. The number of hydrogen-bond acceptors (Lipinski definition) is 7. The van der Waals surface area contributed by atoms with Crippen molar-refractivity contribution in [1.29, 1.82) is 0 Å². The first kappa shape index (κ1) is 15.5. The molecule has 19 heavy (non-hydrogen) atoms. The second-order valence-corrected chi connectivity index (χ2v) is 4.91. The summed E-state index contributed by atoms with van der Waals surface area (Å²) in [5, 5.41) is 7.40. The molecule has 0 aliphatic heterocycles. The van der Waals surface area contributed by atoms with E-state index in [-0.39, 0.29) is 35.4 Å². The van der Waals surface area contributed by atoms with Crippen LogP contribution in [0.5, 0.6) is 0 Å². The van der Waals surface area contributed by atoms with Gasteiger partial charge in [-0.3, -0.25) is 4.79 Å². The number of thioether (sulfide) groups is 1. The highest BCUT2D eigenvalue weighted by Gasteiger charge is 2.18. The zero-order valence-electron chi connectivity index (χ0n) is 11.4. The van der Waals surface area contributed by atoms with Gasteiger partial charge in [-0.2, -0.15) is 0 Å². The van der Waals surface area contributed by atoms with Gasteiger partial charge in [0, 0.05) is 13.1 Å². The zero-order chi connectivity index (χ0) is 14.4. The van der Waals surface area contributed by atoms with Crippen LogP contribution in [0.4, 0.5) is 0 Å². The summed E-state index contributed by atoms with van der Waals surface area (Å²) in [4.78, 5) is 24.6. The number of rotatable bonds is 6.